The molecule has 0 spiro atoms. The number of carbonyl (C=O) groups is 1. The average Bonchev–Trinajstić information content (AvgIpc) is 2.58. The van der Waals surface area contributed by atoms with Gasteiger partial charge in [-0.15, -0.1) is 0 Å². The van der Waals surface area contributed by atoms with E-state index in [1.165, 1.54) is 25.7 Å². The maximum Gasteiger partial charge on any atom is 0.255 e. The van der Waals surface area contributed by atoms with Gasteiger partial charge in [-0.1, -0.05) is 26.0 Å². The monoisotopic (exact) mass is 346 g/mol. The lowest BCUT2D eigenvalue weighted by Crippen LogP contribution is -2.45. The van der Waals surface area contributed by atoms with Gasteiger partial charge in [0.15, 0.2) is 12.6 Å². The highest BCUT2D eigenvalue weighted by Gasteiger charge is 2.27. The number of hydrogen-bond donors (Lipinski definition) is 3. The zero-order valence-corrected chi connectivity index (χ0v) is 15.5. The molecule has 6 heteroatoms. The number of nitrogens with zero attached hydrogens (tertiary/aromatic N) is 1. The lowest BCUT2D eigenvalue weighted by Gasteiger charge is -2.35. The Morgan fingerprint density at radius 1 is 1.36 bits per heavy atom. The molecule has 1 fully saturated rings. The Bertz CT molecular complexity index is 603. The van der Waals surface area contributed by atoms with Crippen LogP contribution in [-0.4, -0.2) is 31.6 Å². The van der Waals surface area contributed by atoms with Crippen LogP contribution in [0, 0.1) is 5.41 Å². The summed E-state index contributed by atoms with van der Waals surface area (Å²) in [7, 11) is 1.79. The summed E-state index contributed by atoms with van der Waals surface area (Å²) in [5.74, 6) is 0.965. The SMILES string of the molecule is CN=C(NCc1cccc(OCC(N)=O)c1)NC1CCC(C)(C)CC1. The van der Waals surface area contributed by atoms with Crippen LogP contribution in [0.4, 0.5) is 0 Å². The van der Waals surface area contributed by atoms with Crippen molar-refractivity contribution < 1.29 is 9.53 Å². The molecule has 1 amide bonds. The van der Waals surface area contributed by atoms with E-state index in [0.717, 1.165) is 11.5 Å². The summed E-state index contributed by atoms with van der Waals surface area (Å²) in [6.45, 7) is 5.19. The number of primary amides is 1. The van der Waals surface area contributed by atoms with Crippen molar-refractivity contribution >= 4 is 11.9 Å². The van der Waals surface area contributed by atoms with E-state index in [1.807, 2.05) is 24.3 Å². The largest absolute Gasteiger partial charge is 0.484 e. The maximum absolute atomic E-state index is 10.8. The molecule has 1 aromatic carbocycles. The number of hydrogen-bond acceptors (Lipinski definition) is 3. The molecular weight excluding hydrogens is 316 g/mol. The molecule has 25 heavy (non-hydrogen) atoms. The molecular formula is C19H30N4O2. The second-order valence-corrected chi connectivity index (χ2v) is 7.41. The van der Waals surface area contributed by atoms with Crippen molar-refractivity contribution in [3.8, 4) is 5.75 Å². The van der Waals surface area contributed by atoms with Crippen LogP contribution in [0.3, 0.4) is 0 Å². The molecule has 0 aliphatic heterocycles. The minimum Gasteiger partial charge on any atom is -0.484 e. The summed E-state index contributed by atoms with van der Waals surface area (Å²) >= 11 is 0. The van der Waals surface area contributed by atoms with Crippen LogP contribution in [-0.2, 0) is 11.3 Å². The summed E-state index contributed by atoms with van der Waals surface area (Å²) in [5.41, 5.74) is 6.61. The van der Waals surface area contributed by atoms with Crippen molar-refractivity contribution in [3.63, 3.8) is 0 Å². The third-order valence-corrected chi connectivity index (χ3v) is 4.64. The van der Waals surface area contributed by atoms with Crippen molar-refractivity contribution in [1.82, 2.24) is 10.6 Å². The first-order chi connectivity index (χ1) is 11.9. The molecule has 0 atom stereocenters. The van der Waals surface area contributed by atoms with Crippen molar-refractivity contribution in [2.75, 3.05) is 13.7 Å². The van der Waals surface area contributed by atoms with E-state index >= 15 is 0 Å². The van der Waals surface area contributed by atoms with Gasteiger partial charge in [-0.05, 0) is 48.8 Å². The predicted molar refractivity (Wildman–Crippen MR) is 101 cm³/mol. The van der Waals surface area contributed by atoms with Gasteiger partial charge in [0.05, 0.1) is 0 Å². The Balaban J connectivity index is 1.82. The number of ether oxygens (including phenoxy) is 1. The molecule has 1 aliphatic carbocycles. The minimum atomic E-state index is -0.483. The fraction of sp³-hybridized carbons (Fsp3) is 0.579. The van der Waals surface area contributed by atoms with Gasteiger partial charge in [-0.25, -0.2) is 0 Å². The average molecular weight is 346 g/mol. The molecule has 1 aliphatic rings. The molecule has 0 saturated heterocycles. The molecule has 2 rings (SSSR count). The van der Waals surface area contributed by atoms with Crippen molar-refractivity contribution in [3.05, 3.63) is 29.8 Å². The van der Waals surface area contributed by atoms with Gasteiger partial charge in [0, 0.05) is 19.6 Å². The van der Waals surface area contributed by atoms with Gasteiger partial charge in [-0.2, -0.15) is 0 Å². The number of carbonyl (C=O) groups excluding carboxylic acids is 1. The highest BCUT2D eigenvalue weighted by molar-refractivity contribution is 5.80. The van der Waals surface area contributed by atoms with Crippen LogP contribution in [0.15, 0.2) is 29.3 Å². The Kier molecular flexibility index (Phi) is 6.67. The first-order valence-electron chi connectivity index (χ1n) is 8.85. The quantitative estimate of drug-likeness (QED) is 0.544. The Morgan fingerprint density at radius 2 is 2.08 bits per heavy atom. The normalized spacial score (nSPS) is 17.8. The first-order valence-corrected chi connectivity index (χ1v) is 8.85. The molecule has 1 aromatic rings. The van der Waals surface area contributed by atoms with Gasteiger partial charge in [0.2, 0.25) is 0 Å². The Hall–Kier alpha value is -2.24. The Labute approximate surface area is 150 Å². The van der Waals surface area contributed by atoms with Crippen LogP contribution in [0.5, 0.6) is 5.75 Å². The lowest BCUT2D eigenvalue weighted by atomic mass is 9.75. The van der Waals surface area contributed by atoms with Crippen LogP contribution in [0.1, 0.15) is 45.1 Å². The topological polar surface area (TPSA) is 88.7 Å². The fourth-order valence-corrected chi connectivity index (χ4v) is 3.02. The van der Waals surface area contributed by atoms with Gasteiger partial charge < -0.3 is 21.1 Å². The van der Waals surface area contributed by atoms with E-state index in [0.29, 0.717) is 23.8 Å². The van der Waals surface area contributed by atoms with Gasteiger partial charge in [0.1, 0.15) is 5.75 Å². The van der Waals surface area contributed by atoms with E-state index in [2.05, 4.69) is 29.5 Å². The lowest BCUT2D eigenvalue weighted by molar-refractivity contribution is -0.119. The highest BCUT2D eigenvalue weighted by Crippen LogP contribution is 2.34. The zero-order valence-electron chi connectivity index (χ0n) is 15.5. The van der Waals surface area contributed by atoms with Gasteiger partial charge in [0.25, 0.3) is 5.91 Å². The predicted octanol–water partition coefficient (Wildman–Crippen LogP) is 2.18. The molecule has 0 unspecified atom stereocenters. The maximum atomic E-state index is 10.8. The number of nitrogens with one attached hydrogen (secondary N) is 2. The number of guanidine groups is 1. The Morgan fingerprint density at radius 3 is 2.72 bits per heavy atom. The third kappa shape index (κ3) is 6.64. The van der Waals surface area contributed by atoms with Gasteiger partial charge in [-0.3, -0.25) is 9.79 Å². The second kappa shape index (κ2) is 8.74. The zero-order chi connectivity index (χ0) is 18.3. The standard InChI is InChI=1S/C19H30N4O2/c1-19(2)9-7-15(8-10-19)23-18(21-3)22-12-14-5-4-6-16(11-14)25-13-17(20)24/h4-6,11,15H,7-10,12-13H2,1-3H3,(H2,20,24)(H2,21,22,23). The fourth-order valence-electron chi connectivity index (χ4n) is 3.02. The van der Waals surface area contributed by atoms with E-state index in [9.17, 15) is 4.79 Å². The van der Waals surface area contributed by atoms with Crippen LogP contribution in [0.25, 0.3) is 0 Å². The number of benzene rings is 1. The highest BCUT2D eigenvalue weighted by atomic mass is 16.5. The van der Waals surface area contributed by atoms with Crippen molar-refractivity contribution in [1.29, 1.82) is 0 Å². The van der Waals surface area contributed by atoms with Crippen molar-refractivity contribution in [2.24, 2.45) is 16.1 Å². The minimum absolute atomic E-state index is 0.113. The van der Waals surface area contributed by atoms with Crippen LogP contribution >= 0.6 is 0 Å². The third-order valence-electron chi connectivity index (χ3n) is 4.64. The molecule has 0 bridgehead atoms. The molecule has 0 aromatic heterocycles. The molecule has 4 N–H and O–H groups in total. The summed E-state index contributed by atoms with van der Waals surface area (Å²) < 4.78 is 5.33. The molecule has 138 valence electrons. The summed E-state index contributed by atoms with van der Waals surface area (Å²) in [5, 5.41) is 6.85. The summed E-state index contributed by atoms with van der Waals surface area (Å²) in [6.07, 6.45) is 4.82. The number of aliphatic imine (C=N–C) groups is 1. The van der Waals surface area contributed by atoms with E-state index in [1.54, 1.807) is 7.05 Å². The molecule has 0 heterocycles. The van der Waals surface area contributed by atoms with E-state index in [-0.39, 0.29) is 6.61 Å². The summed E-state index contributed by atoms with van der Waals surface area (Å²) in [6, 6.07) is 8.08. The summed E-state index contributed by atoms with van der Waals surface area (Å²) in [4.78, 5) is 15.1. The van der Waals surface area contributed by atoms with Crippen LogP contribution in [0.2, 0.25) is 0 Å². The second-order valence-electron chi connectivity index (χ2n) is 7.41. The van der Waals surface area contributed by atoms with E-state index < -0.39 is 5.91 Å². The molecule has 1 saturated carbocycles. The molecule has 0 radical (unpaired) electrons. The van der Waals surface area contributed by atoms with Gasteiger partial charge >= 0.3 is 0 Å². The van der Waals surface area contributed by atoms with E-state index in [4.69, 9.17) is 10.5 Å². The first kappa shape index (κ1) is 19.1. The number of nitrogens with two attached hydrogens (primary N) is 1. The molecule has 6 nitrogen and oxygen atoms in total. The van der Waals surface area contributed by atoms with Crippen molar-refractivity contribution in [2.45, 2.75) is 52.1 Å². The van der Waals surface area contributed by atoms with Crippen LogP contribution < -0.4 is 21.1 Å². The smallest absolute Gasteiger partial charge is 0.255 e. The number of rotatable bonds is 6. The number of amides is 1.